The third-order valence-electron chi connectivity index (χ3n) is 0.348. The van der Waals surface area contributed by atoms with E-state index in [1.807, 2.05) is 0 Å². The summed E-state index contributed by atoms with van der Waals surface area (Å²) in [5.74, 6) is 0. The van der Waals surface area contributed by atoms with Crippen LogP contribution in [0.15, 0.2) is 0 Å². The van der Waals surface area contributed by atoms with Gasteiger partial charge >= 0.3 is 18.9 Å². The Morgan fingerprint density at radius 3 is 2.17 bits per heavy atom. The Morgan fingerprint density at radius 2 is 2.17 bits per heavy atom. The van der Waals surface area contributed by atoms with E-state index in [2.05, 4.69) is 11.7 Å². The summed E-state index contributed by atoms with van der Waals surface area (Å²) in [6.45, 7) is 4.33. The summed E-state index contributed by atoms with van der Waals surface area (Å²) in [5.41, 5.74) is 0. The van der Waals surface area contributed by atoms with E-state index >= 15 is 0 Å². The van der Waals surface area contributed by atoms with Gasteiger partial charge in [0.2, 0.25) is 0 Å². The standard InChI is InChI=1S/C4H9O.Li/c1-3-4-5-2;/h1,3-4H2,2H3;/q-1;+1. The van der Waals surface area contributed by atoms with Gasteiger partial charge in [-0.05, 0) is 0 Å². The van der Waals surface area contributed by atoms with Gasteiger partial charge in [-0.25, -0.2) is 0 Å². The van der Waals surface area contributed by atoms with Crippen molar-refractivity contribution < 1.29 is 23.6 Å². The van der Waals surface area contributed by atoms with Crippen LogP contribution in [0.3, 0.4) is 0 Å². The Labute approximate surface area is 51.2 Å². The molecule has 0 aliphatic carbocycles. The van der Waals surface area contributed by atoms with Crippen LogP contribution in [-0.4, -0.2) is 13.7 Å². The molecule has 0 radical (unpaired) electrons. The SMILES string of the molecule is [CH2-]CCOC.[Li+]. The number of rotatable bonds is 2. The number of ether oxygens (including phenoxy) is 1. The van der Waals surface area contributed by atoms with Crippen molar-refractivity contribution >= 4 is 0 Å². The molecule has 0 unspecified atom stereocenters. The van der Waals surface area contributed by atoms with Crippen LogP contribution in [0.1, 0.15) is 6.42 Å². The van der Waals surface area contributed by atoms with Crippen LogP contribution in [0.25, 0.3) is 0 Å². The van der Waals surface area contributed by atoms with Gasteiger partial charge in [0.25, 0.3) is 0 Å². The van der Waals surface area contributed by atoms with Crippen molar-refractivity contribution in [2.75, 3.05) is 13.7 Å². The van der Waals surface area contributed by atoms with Crippen LogP contribution >= 0.6 is 0 Å². The van der Waals surface area contributed by atoms with Gasteiger partial charge in [-0.2, -0.15) is 6.42 Å². The van der Waals surface area contributed by atoms with Gasteiger partial charge < -0.3 is 11.7 Å². The summed E-state index contributed by atoms with van der Waals surface area (Å²) in [5, 5.41) is 0. The Balaban J connectivity index is 0. The molecule has 0 aromatic carbocycles. The second-order valence-corrected chi connectivity index (χ2v) is 0.846. The molecule has 0 saturated heterocycles. The third kappa shape index (κ3) is 8.82. The Bertz CT molecular complexity index is 15.0. The zero-order valence-corrected chi connectivity index (χ0v) is 4.53. The van der Waals surface area contributed by atoms with E-state index in [1.54, 1.807) is 7.11 Å². The maximum absolute atomic E-state index is 4.63. The van der Waals surface area contributed by atoms with Gasteiger partial charge in [-0.1, -0.05) is 0 Å². The molecule has 0 aliphatic rings. The Morgan fingerprint density at radius 1 is 1.67 bits per heavy atom. The minimum atomic E-state index is 0. The molecule has 6 heavy (non-hydrogen) atoms. The van der Waals surface area contributed by atoms with Crippen LogP contribution in [0, 0.1) is 6.92 Å². The molecule has 0 amide bonds. The average molecular weight is 80.1 g/mol. The minimum Gasteiger partial charge on any atom is -0.387 e. The molecule has 0 heterocycles. The fraction of sp³-hybridized carbons (Fsp3) is 0.750. The van der Waals surface area contributed by atoms with Crippen molar-refractivity contribution in [3.8, 4) is 0 Å². The van der Waals surface area contributed by atoms with Crippen molar-refractivity contribution in [3.63, 3.8) is 0 Å². The molecule has 0 atom stereocenters. The summed E-state index contributed by atoms with van der Waals surface area (Å²) in [7, 11) is 1.67. The summed E-state index contributed by atoms with van der Waals surface area (Å²) in [4.78, 5) is 0. The second-order valence-electron chi connectivity index (χ2n) is 0.846. The fourth-order valence-electron chi connectivity index (χ4n) is 0.144. The fourth-order valence-corrected chi connectivity index (χ4v) is 0.144. The molecule has 0 rings (SSSR count). The summed E-state index contributed by atoms with van der Waals surface area (Å²) >= 11 is 0. The van der Waals surface area contributed by atoms with Crippen molar-refractivity contribution in [1.29, 1.82) is 0 Å². The zero-order valence-electron chi connectivity index (χ0n) is 4.53. The quantitative estimate of drug-likeness (QED) is 0.272. The van der Waals surface area contributed by atoms with Gasteiger partial charge in [-0.15, -0.1) is 0 Å². The molecule has 2 heteroatoms. The molecule has 1 nitrogen and oxygen atoms in total. The van der Waals surface area contributed by atoms with E-state index in [9.17, 15) is 0 Å². The van der Waals surface area contributed by atoms with E-state index in [0.29, 0.717) is 0 Å². The summed E-state index contributed by atoms with van der Waals surface area (Å²) in [6.07, 6.45) is 0.872. The van der Waals surface area contributed by atoms with Crippen molar-refractivity contribution in [3.05, 3.63) is 6.92 Å². The molecule has 0 fully saturated rings. The zero-order chi connectivity index (χ0) is 4.12. The second kappa shape index (κ2) is 9.12. The van der Waals surface area contributed by atoms with E-state index in [0.717, 1.165) is 13.0 Å². The molecule has 0 saturated carbocycles. The van der Waals surface area contributed by atoms with Crippen LogP contribution in [0.5, 0.6) is 0 Å². The smallest absolute Gasteiger partial charge is 0.387 e. The molecule has 0 spiro atoms. The van der Waals surface area contributed by atoms with Gasteiger partial charge in [0.05, 0.1) is 0 Å². The van der Waals surface area contributed by atoms with Gasteiger partial charge in [0, 0.05) is 13.7 Å². The van der Waals surface area contributed by atoms with Gasteiger partial charge in [0.1, 0.15) is 0 Å². The van der Waals surface area contributed by atoms with E-state index in [4.69, 9.17) is 0 Å². The first kappa shape index (κ1) is 9.75. The first-order chi connectivity index (χ1) is 2.41. The average Bonchev–Trinajstić information content (AvgIpc) is 1.41. The van der Waals surface area contributed by atoms with Crippen LogP contribution in [-0.2, 0) is 4.74 Å². The number of hydrogen-bond acceptors (Lipinski definition) is 1. The van der Waals surface area contributed by atoms with Crippen LogP contribution in [0.4, 0.5) is 0 Å². The molecular weight excluding hydrogens is 71.0 g/mol. The molecule has 0 aromatic rings. The number of methoxy groups -OCH3 is 1. The minimum absolute atomic E-state index is 0. The molecule has 0 N–H and O–H groups in total. The van der Waals surface area contributed by atoms with E-state index in [-0.39, 0.29) is 18.9 Å². The van der Waals surface area contributed by atoms with E-state index in [1.165, 1.54) is 0 Å². The van der Waals surface area contributed by atoms with Crippen molar-refractivity contribution in [2.45, 2.75) is 6.42 Å². The summed E-state index contributed by atoms with van der Waals surface area (Å²) in [6, 6.07) is 0. The molecule has 0 aromatic heterocycles. The predicted octanol–water partition coefficient (Wildman–Crippen LogP) is -2.14. The maximum atomic E-state index is 4.63. The molecule has 0 aliphatic heterocycles. The van der Waals surface area contributed by atoms with Crippen molar-refractivity contribution in [2.24, 2.45) is 0 Å². The molecule has 32 valence electrons. The number of hydrogen-bond donors (Lipinski definition) is 0. The predicted molar refractivity (Wildman–Crippen MR) is 21.8 cm³/mol. The topological polar surface area (TPSA) is 9.23 Å². The van der Waals surface area contributed by atoms with Crippen LogP contribution in [0.2, 0.25) is 0 Å². The largest absolute Gasteiger partial charge is 1.00 e. The summed E-state index contributed by atoms with van der Waals surface area (Å²) < 4.78 is 4.63. The van der Waals surface area contributed by atoms with Gasteiger partial charge in [0.15, 0.2) is 0 Å². The monoisotopic (exact) mass is 80.1 g/mol. The van der Waals surface area contributed by atoms with Crippen molar-refractivity contribution in [1.82, 2.24) is 0 Å². The first-order valence-corrected chi connectivity index (χ1v) is 1.70. The van der Waals surface area contributed by atoms with Gasteiger partial charge in [-0.3, -0.25) is 0 Å². The first-order valence-electron chi connectivity index (χ1n) is 1.70. The maximum Gasteiger partial charge on any atom is 1.00 e. The molecular formula is C4H9LiO. The van der Waals surface area contributed by atoms with Crippen LogP contribution < -0.4 is 18.9 Å². The molecule has 0 bridgehead atoms. The Hall–Kier alpha value is 0.557. The Kier molecular flexibility index (Phi) is 14.8. The normalized spacial score (nSPS) is 7.00. The third-order valence-corrected chi connectivity index (χ3v) is 0.348. The van der Waals surface area contributed by atoms with E-state index < -0.39 is 0 Å².